The maximum absolute atomic E-state index is 14.7. The van der Waals surface area contributed by atoms with Crippen molar-refractivity contribution in [1.82, 2.24) is 9.88 Å². The van der Waals surface area contributed by atoms with Crippen molar-refractivity contribution in [2.45, 2.75) is 48.6 Å². The quantitative estimate of drug-likeness (QED) is 0.125. The van der Waals surface area contributed by atoms with E-state index in [0.29, 0.717) is 64.7 Å². The summed E-state index contributed by atoms with van der Waals surface area (Å²) < 4.78 is 41.5. The predicted octanol–water partition coefficient (Wildman–Crippen LogP) is 6.24. The van der Waals surface area contributed by atoms with Crippen molar-refractivity contribution in [2.24, 2.45) is 0 Å². The van der Waals surface area contributed by atoms with Crippen molar-refractivity contribution in [2.75, 3.05) is 38.5 Å². The summed E-state index contributed by atoms with van der Waals surface area (Å²) in [6, 6.07) is 13.6. The number of benzene rings is 3. The first-order valence-electron chi connectivity index (χ1n) is 15.4. The Bertz CT molecular complexity index is 2060. The Hall–Kier alpha value is -4.31. The smallest absolute Gasteiger partial charge is 0.411 e. The molecule has 2 amide bonds. The van der Waals surface area contributed by atoms with Gasteiger partial charge in [0, 0.05) is 29.5 Å². The number of ether oxygens (including phenoxy) is 3. The highest BCUT2D eigenvalue weighted by Crippen LogP contribution is 2.43. The Morgan fingerprint density at radius 1 is 0.917 bits per heavy atom. The van der Waals surface area contributed by atoms with E-state index in [1.54, 1.807) is 41.4 Å². The lowest BCUT2D eigenvalue weighted by Gasteiger charge is -2.31. The van der Waals surface area contributed by atoms with Crippen LogP contribution in [0, 0.1) is 0 Å². The van der Waals surface area contributed by atoms with E-state index in [1.807, 2.05) is 12.1 Å². The second-order valence-electron chi connectivity index (χ2n) is 11.8. The lowest BCUT2D eigenvalue weighted by Crippen LogP contribution is -2.38. The van der Waals surface area contributed by atoms with E-state index < -0.39 is 25.2 Å². The Labute approximate surface area is 289 Å². The summed E-state index contributed by atoms with van der Waals surface area (Å²) in [6.45, 7) is 0.368. The zero-order chi connectivity index (χ0) is 34.2. The number of fused-ring (bicyclic) bond motifs is 1. The summed E-state index contributed by atoms with van der Waals surface area (Å²) in [7, 11) is 0.539. The molecule has 48 heavy (non-hydrogen) atoms. The van der Waals surface area contributed by atoms with Crippen LogP contribution in [-0.2, 0) is 16.5 Å². The number of H-pyrrole nitrogens is 1. The number of rotatable bonds is 10. The van der Waals surface area contributed by atoms with Crippen LogP contribution in [0.5, 0.6) is 11.5 Å². The van der Waals surface area contributed by atoms with Crippen LogP contribution < -0.4 is 25.7 Å². The molecule has 0 bridgehead atoms. The van der Waals surface area contributed by atoms with E-state index >= 15 is 0 Å². The predicted molar refractivity (Wildman–Crippen MR) is 190 cm³/mol. The Morgan fingerprint density at radius 3 is 2.35 bits per heavy atom. The number of likely N-dealkylation sites (tertiary alicyclic amines) is 1. The molecule has 3 aromatic carbocycles. The highest BCUT2D eigenvalue weighted by molar-refractivity contribution is 14.2. The second kappa shape index (κ2) is 13.7. The monoisotopic (exact) mass is 786 g/mol. The minimum absolute atomic E-state index is 0.0547. The van der Waals surface area contributed by atoms with Gasteiger partial charge in [-0.3, -0.25) is 14.9 Å². The standard InChI is InChI=1S/C34H35IN4O8S/c1-45-28-12-8-20(15-29(28)46-2)31(37-21-9-11-23-24(16-21)32(40)36-18-26(23)19-6-7-19)33(41)39-14-4-5-27(39)25-17-22(38-34(42)47-3)10-13-30(25)48(35,43)44/h8-13,15-19,27,31,37H,4-7,14H2,1-3H3,(H,36,40)(H,38,42)/t27-,31-/m1/s1. The summed E-state index contributed by atoms with van der Waals surface area (Å²) in [6.07, 6.45) is 4.37. The van der Waals surface area contributed by atoms with E-state index in [0.717, 1.165) is 23.8 Å². The summed E-state index contributed by atoms with van der Waals surface area (Å²) in [5.41, 5.74) is 2.74. The van der Waals surface area contributed by atoms with Crippen molar-refractivity contribution in [1.29, 1.82) is 0 Å². The summed E-state index contributed by atoms with van der Waals surface area (Å²) in [5, 5.41) is 7.37. The zero-order valence-electron chi connectivity index (χ0n) is 26.5. The summed E-state index contributed by atoms with van der Waals surface area (Å²) in [5.74, 6) is 1.03. The third-order valence-electron chi connectivity index (χ3n) is 8.85. The van der Waals surface area contributed by atoms with Crippen LogP contribution in [0.25, 0.3) is 10.8 Å². The number of carbonyl (C=O) groups excluding carboxylic acids is 2. The van der Waals surface area contributed by atoms with Crippen LogP contribution in [0.4, 0.5) is 16.2 Å². The molecule has 6 rings (SSSR count). The fourth-order valence-electron chi connectivity index (χ4n) is 6.39. The second-order valence-corrected chi connectivity index (χ2v) is 16.6. The first-order chi connectivity index (χ1) is 23.0. The van der Waals surface area contributed by atoms with Crippen LogP contribution in [0.1, 0.15) is 60.4 Å². The molecule has 2 fully saturated rings. The topological polar surface area (TPSA) is 156 Å². The highest BCUT2D eigenvalue weighted by Gasteiger charge is 2.38. The molecular weight excluding hydrogens is 751 g/mol. The van der Waals surface area contributed by atoms with Gasteiger partial charge in [0.15, 0.2) is 11.5 Å². The highest BCUT2D eigenvalue weighted by atomic mass is 127. The van der Waals surface area contributed by atoms with Gasteiger partial charge in [0.2, 0.25) is 12.9 Å². The molecule has 1 saturated heterocycles. The van der Waals surface area contributed by atoms with E-state index in [1.165, 1.54) is 54.7 Å². The normalized spacial score (nSPS) is 16.8. The largest absolute Gasteiger partial charge is 0.493 e. The molecule has 4 aromatic rings. The maximum Gasteiger partial charge on any atom is 0.411 e. The van der Waals surface area contributed by atoms with Crippen molar-refractivity contribution >= 4 is 62.4 Å². The van der Waals surface area contributed by atoms with E-state index in [-0.39, 0.29) is 16.4 Å². The molecule has 2 atom stereocenters. The van der Waals surface area contributed by atoms with Crippen molar-refractivity contribution < 1.29 is 32.2 Å². The Morgan fingerprint density at radius 2 is 1.67 bits per heavy atom. The number of pyridine rings is 1. The number of nitrogens with one attached hydrogen (secondary N) is 3. The van der Waals surface area contributed by atoms with Gasteiger partial charge in [-0.05, 0) is 96.1 Å². The van der Waals surface area contributed by atoms with Crippen molar-refractivity contribution in [3.8, 4) is 11.5 Å². The molecule has 2 heterocycles. The number of nitrogens with zero attached hydrogens (tertiary/aromatic N) is 1. The number of aromatic amines is 1. The molecule has 1 saturated carbocycles. The first-order valence-corrected chi connectivity index (χ1v) is 19.4. The molecule has 0 spiro atoms. The Balaban J connectivity index is 1.42. The molecule has 252 valence electrons. The SMILES string of the molecule is COC(=O)Nc1ccc(S(=O)(=O)I)c([C@H]2CCCN2C(=O)[C@H](Nc2ccc3c(C4CC4)c[nH]c(=O)c3c2)c2ccc(OC)c(OC)c2)c1. The average molecular weight is 787 g/mol. The molecular formula is C34H35IN4O8S. The minimum Gasteiger partial charge on any atom is -0.493 e. The molecule has 0 radical (unpaired) electrons. The number of carbonyl (C=O) groups is 2. The molecule has 1 aliphatic heterocycles. The van der Waals surface area contributed by atoms with Gasteiger partial charge < -0.3 is 29.4 Å². The maximum atomic E-state index is 14.7. The summed E-state index contributed by atoms with van der Waals surface area (Å²) in [4.78, 5) is 44.2. The molecule has 1 aliphatic carbocycles. The van der Waals surface area contributed by atoms with Crippen LogP contribution >= 0.6 is 21.2 Å². The van der Waals surface area contributed by atoms with E-state index in [4.69, 9.17) is 14.2 Å². The number of anilines is 2. The fraction of sp³-hybridized carbons (Fsp3) is 0.324. The number of hydrogen-bond donors (Lipinski definition) is 3. The molecule has 2 aliphatic rings. The fourth-order valence-corrected chi connectivity index (χ4v) is 8.30. The number of amides is 2. The van der Waals surface area contributed by atoms with Crippen LogP contribution in [0.2, 0.25) is 0 Å². The van der Waals surface area contributed by atoms with Gasteiger partial charge in [-0.1, -0.05) is 12.1 Å². The molecule has 12 nitrogen and oxygen atoms in total. The van der Waals surface area contributed by atoms with E-state index in [2.05, 4.69) is 15.6 Å². The molecule has 3 N–H and O–H groups in total. The van der Waals surface area contributed by atoms with Gasteiger partial charge >= 0.3 is 6.09 Å². The van der Waals surface area contributed by atoms with E-state index in [9.17, 15) is 22.8 Å². The number of hydrogen-bond acceptors (Lipinski definition) is 9. The van der Waals surface area contributed by atoms with Gasteiger partial charge in [0.05, 0.1) is 53.5 Å². The van der Waals surface area contributed by atoms with Crippen molar-refractivity contribution in [3.05, 3.63) is 87.8 Å². The van der Waals surface area contributed by atoms with Crippen LogP contribution in [0.3, 0.4) is 0 Å². The molecule has 0 unspecified atom stereocenters. The van der Waals surface area contributed by atoms with Gasteiger partial charge in [0.25, 0.3) is 5.56 Å². The number of methoxy groups -OCH3 is 3. The molecule has 14 heteroatoms. The lowest BCUT2D eigenvalue weighted by atomic mass is 10.00. The van der Waals surface area contributed by atoms with Crippen LogP contribution in [-0.4, -0.2) is 58.2 Å². The Kier molecular flexibility index (Phi) is 9.56. The van der Waals surface area contributed by atoms with Crippen molar-refractivity contribution in [3.63, 3.8) is 0 Å². The third kappa shape index (κ3) is 6.81. The third-order valence-corrected chi connectivity index (χ3v) is 11.2. The summed E-state index contributed by atoms with van der Waals surface area (Å²) >= 11 is 1.39. The number of halogens is 1. The minimum atomic E-state index is -3.73. The first kappa shape index (κ1) is 33.6. The average Bonchev–Trinajstić information content (AvgIpc) is 3.81. The van der Waals surface area contributed by atoms with Gasteiger partial charge in [-0.15, -0.1) is 0 Å². The van der Waals surface area contributed by atoms with Gasteiger partial charge in [-0.2, -0.15) is 0 Å². The van der Waals surface area contributed by atoms with Crippen LogP contribution in [0.15, 0.2) is 70.5 Å². The zero-order valence-corrected chi connectivity index (χ0v) is 29.5. The lowest BCUT2D eigenvalue weighted by molar-refractivity contribution is -0.133. The van der Waals surface area contributed by atoms with Gasteiger partial charge in [0.1, 0.15) is 6.04 Å². The number of aromatic nitrogens is 1. The molecule has 1 aromatic heterocycles. The van der Waals surface area contributed by atoms with Gasteiger partial charge in [-0.25, -0.2) is 13.2 Å².